The molecule has 1 heterocycles. The molecule has 0 aliphatic rings. The van der Waals surface area contributed by atoms with Crippen molar-refractivity contribution < 1.29 is 4.42 Å². The second-order valence-electron chi connectivity index (χ2n) is 3.48. The molecule has 16 heavy (non-hydrogen) atoms. The number of hydrogen-bond acceptors (Lipinski definition) is 1. The van der Waals surface area contributed by atoms with Gasteiger partial charge in [0.15, 0.2) is 0 Å². The highest BCUT2D eigenvalue weighted by Gasteiger charge is 2.11. The molecule has 0 fully saturated rings. The summed E-state index contributed by atoms with van der Waals surface area (Å²) in [6.07, 6.45) is 0. The molecule has 0 bridgehead atoms. The zero-order valence-corrected chi connectivity index (χ0v) is 12.7. The second-order valence-corrected chi connectivity index (χ2v) is 6.04. The van der Waals surface area contributed by atoms with Crippen molar-refractivity contribution in [3.8, 4) is 0 Å². The van der Waals surface area contributed by atoms with Gasteiger partial charge in [-0.15, -0.1) is 0 Å². The monoisotopic (exact) mass is 402 g/mol. The first kappa shape index (κ1) is 10.8. The highest BCUT2D eigenvalue weighted by Crippen LogP contribution is 2.38. The lowest BCUT2D eigenvalue weighted by molar-refractivity contribution is 0.668. The lowest BCUT2D eigenvalue weighted by Crippen LogP contribution is -1.72. The Morgan fingerprint density at radius 1 is 0.875 bits per heavy atom. The highest BCUT2D eigenvalue weighted by molar-refractivity contribution is 9.13. The van der Waals surface area contributed by atoms with Crippen molar-refractivity contribution in [3.05, 3.63) is 43.7 Å². The fraction of sp³-hybridized carbons (Fsp3) is 0. The van der Waals surface area contributed by atoms with Crippen LogP contribution in [0.4, 0.5) is 0 Å². The minimum Gasteiger partial charge on any atom is -0.456 e. The van der Waals surface area contributed by atoms with E-state index in [1.54, 1.807) is 0 Å². The molecule has 4 heteroatoms. The SMILES string of the molecule is Brc1ccc2c(c1)oc1ccc(Br)c(Br)c12. The number of rotatable bonds is 0. The molecule has 0 aliphatic carbocycles. The van der Waals surface area contributed by atoms with E-state index in [0.29, 0.717) is 0 Å². The third kappa shape index (κ3) is 1.55. The van der Waals surface area contributed by atoms with Gasteiger partial charge >= 0.3 is 0 Å². The number of fused-ring (bicyclic) bond motifs is 3. The Labute approximate surface area is 117 Å². The van der Waals surface area contributed by atoms with Crippen molar-refractivity contribution in [2.45, 2.75) is 0 Å². The van der Waals surface area contributed by atoms with E-state index in [9.17, 15) is 0 Å². The van der Waals surface area contributed by atoms with Gasteiger partial charge in [-0.25, -0.2) is 0 Å². The van der Waals surface area contributed by atoms with Crippen LogP contribution in [-0.4, -0.2) is 0 Å². The Kier molecular flexibility index (Phi) is 2.61. The molecule has 0 saturated carbocycles. The van der Waals surface area contributed by atoms with E-state index in [1.165, 1.54) is 0 Å². The summed E-state index contributed by atoms with van der Waals surface area (Å²) in [5.74, 6) is 0. The topological polar surface area (TPSA) is 13.1 Å². The fourth-order valence-corrected chi connectivity index (χ4v) is 2.99. The van der Waals surface area contributed by atoms with Crippen molar-refractivity contribution in [2.24, 2.45) is 0 Å². The predicted octanol–water partition coefficient (Wildman–Crippen LogP) is 5.87. The van der Waals surface area contributed by atoms with E-state index in [-0.39, 0.29) is 0 Å². The Morgan fingerprint density at radius 2 is 1.69 bits per heavy atom. The van der Waals surface area contributed by atoms with Crippen molar-refractivity contribution in [1.82, 2.24) is 0 Å². The van der Waals surface area contributed by atoms with Gasteiger partial charge in [-0.2, -0.15) is 0 Å². The van der Waals surface area contributed by atoms with E-state index < -0.39 is 0 Å². The highest BCUT2D eigenvalue weighted by atomic mass is 79.9. The summed E-state index contributed by atoms with van der Waals surface area (Å²) >= 11 is 10.5. The van der Waals surface area contributed by atoms with Gasteiger partial charge in [0.1, 0.15) is 11.2 Å². The Hall–Kier alpha value is -0.320. The standard InChI is InChI=1S/C12H5Br3O/c13-6-1-2-7-10(5-6)16-9-4-3-8(14)12(15)11(7)9/h1-5H. The van der Waals surface area contributed by atoms with Crippen LogP contribution in [0.15, 0.2) is 48.2 Å². The fourth-order valence-electron chi connectivity index (χ4n) is 1.77. The Bertz CT molecular complexity index is 699. The van der Waals surface area contributed by atoms with Crippen LogP contribution >= 0.6 is 47.8 Å². The van der Waals surface area contributed by atoms with Crippen LogP contribution < -0.4 is 0 Å². The lowest BCUT2D eigenvalue weighted by Gasteiger charge is -1.96. The van der Waals surface area contributed by atoms with Crippen molar-refractivity contribution >= 4 is 69.7 Å². The smallest absolute Gasteiger partial charge is 0.136 e. The normalized spacial score (nSPS) is 11.4. The number of hydrogen-bond donors (Lipinski definition) is 0. The van der Waals surface area contributed by atoms with Gasteiger partial charge in [0.25, 0.3) is 0 Å². The second kappa shape index (κ2) is 3.86. The first-order valence-corrected chi connectivity index (χ1v) is 7.00. The number of benzene rings is 2. The summed E-state index contributed by atoms with van der Waals surface area (Å²) < 4.78 is 8.88. The first-order valence-electron chi connectivity index (χ1n) is 4.62. The molecule has 0 amide bonds. The quantitative estimate of drug-likeness (QED) is 0.456. The molecule has 0 unspecified atom stereocenters. The molecule has 0 radical (unpaired) electrons. The van der Waals surface area contributed by atoms with Crippen LogP contribution in [0.2, 0.25) is 0 Å². The third-order valence-corrected chi connectivity index (χ3v) is 5.00. The summed E-state index contributed by atoms with van der Waals surface area (Å²) in [6.45, 7) is 0. The van der Waals surface area contributed by atoms with E-state index in [0.717, 1.165) is 35.4 Å². The molecule has 2 aromatic carbocycles. The van der Waals surface area contributed by atoms with Gasteiger partial charge in [0, 0.05) is 24.2 Å². The molecule has 1 aromatic heterocycles. The summed E-state index contributed by atoms with van der Waals surface area (Å²) in [5, 5.41) is 2.23. The first-order chi connectivity index (χ1) is 7.66. The van der Waals surface area contributed by atoms with Crippen LogP contribution in [0.25, 0.3) is 21.9 Å². The molecule has 0 spiro atoms. The molecule has 0 aliphatic heterocycles. The van der Waals surface area contributed by atoms with Gasteiger partial charge < -0.3 is 4.42 Å². The van der Waals surface area contributed by atoms with Crippen LogP contribution in [0, 0.1) is 0 Å². The maximum atomic E-state index is 5.79. The molecule has 0 N–H and O–H groups in total. The van der Waals surface area contributed by atoms with Gasteiger partial charge in [0.2, 0.25) is 0 Å². The Balaban J connectivity index is 2.57. The van der Waals surface area contributed by atoms with E-state index in [2.05, 4.69) is 53.9 Å². The van der Waals surface area contributed by atoms with Crippen LogP contribution in [-0.2, 0) is 0 Å². The maximum absolute atomic E-state index is 5.79. The molecule has 0 saturated heterocycles. The number of furan rings is 1. The average Bonchev–Trinajstić information content (AvgIpc) is 2.61. The lowest BCUT2D eigenvalue weighted by atomic mass is 10.1. The van der Waals surface area contributed by atoms with Gasteiger partial charge in [-0.1, -0.05) is 15.9 Å². The summed E-state index contributed by atoms with van der Waals surface area (Å²) in [6, 6.07) is 10.0. The van der Waals surface area contributed by atoms with Gasteiger partial charge in [-0.3, -0.25) is 0 Å². The molecule has 1 nitrogen and oxygen atoms in total. The van der Waals surface area contributed by atoms with Crippen LogP contribution in [0.1, 0.15) is 0 Å². The molecule has 80 valence electrons. The molecule has 3 aromatic rings. The van der Waals surface area contributed by atoms with Crippen molar-refractivity contribution in [2.75, 3.05) is 0 Å². The van der Waals surface area contributed by atoms with Crippen molar-refractivity contribution in [3.63, 3.8) is 0 Å². The van der Waals surface area contributed by atoms with E-state index in [4.69, 9.17) is 4.42 Å². The largest absolute Gasteiger partial charge is 0.456 e. The van der Waals surface area contributed by atoms with Crippen LogP contribution in [0.5, 0.6) is 0 Å². The minimum absolute atomic E-state index is 0.892. The average molecular weight is 405 g/mol. The summed E-state index contributed by atoms with van der Waals surface area (Å²) in [7, 11) is 0. The molecular formula is C12H5Br3O. The maximum Gasteiger partial charge on any atom is 0.136 e. The zero-order valence-electron chi connectivity index (χ0n) is 7.93. The summed E-state index contributed by atoms with van der Waals surface area (Å²) in [4.78, 5) is 0. The van der Waals surface area contributed by atoms with Gasteiger partial charge in [-0.05, 0) is 62.2 Å². The molecular weight excluding hydrogens is 400 g/mol. The molecule has 3 rings (SSSR count). The van der Waals surface area contributed by atoms with Crippen LogP contribution in [0.3, 0.4) is 0 Å². The van der Waals surface area contributed by atoms with Gasteiger partial charge in [0.05, 0.1) is 0 Å². The third-order valence-electron chi connectivity index (χ3n) is 2.49. The minimum atomic E-state index is 0.892. The van der Waals surface area contributed by atoms with E-state index >= 15 is 0 Å². The molecule has 0 atom stereocenters. The zero-order chi connectivity index (χ0) is 11.3. The summed E-state index contributed by atoms with van der Waals surface area (Å²) in [5.41, 5.74) is 1.78. The Morgan fingerprint density at radius 3 is 2.50 bits per heavy atom. The van der Waals surface area contributed by atoms with Crippen molar-refractivity contribution in [1.29, 1.82) is 0 Å². The van der Waals surface area contributed by atoms with E-state index in [1.807, 2.05) is 24.3 Å². The predicted molar refractivity (Wildman–Crippen MR) is 76.8 cm³/mol. The number of halogens is 3.